The van der Waals surface area contributed by atoms with Gasteiger partial charge in [0.05, 0.1) is 23.7 Å². The Bertz CT molecular complexity index is 1450. The van der Waals surface area contributed by atoms with E-state index in [1.165, 1.54) is 0 Å². The van der Waals surface area contributed by atoms with Gasteiger partial charge in [0.25, 0.3) is 0 Å². The molecule has 6 heteroatoms. The van der Waals surface area contributed by atoms with E-state index in [0.29, 0.717) is 45.2 Å². The number of fused-ring (bicyclic) bond motifs is 1. The number of nitrogens with zero attached hydrogens (tertiary/aromatic N) is 1. The van der Waals surface area contributed by atoms with Gasteiger partial charge in [-0.25, -0.2) is 4.99 Å². The van der Waals surface area contributed by atoms with E-state index in [9.17, 15) is 5.11 Å². The number of hydrogen-bond donors (Lipinski definition) is 1. The van der Waals surface area contributed by atoms with Gasteiger partial charge >= 0.3 is 0 Å². The predicted octanol–water partition coefficient (Wildman–Crippen LogP) is 6.23. The maximum Gasteiger partial charge on any atom is 0.216 e. The van der Waals surface area contributed by atoms with Gasteiger partial charge in [0.1, 0.15) is 19.0 Å². The quantitative estimate of drug-likeness (QED) is 0.342. The van der Waals surface area contributed by atoms with E-state index in [1.807, 2.05) is 36.4 Å². The summed E-state index contributed by atoms with van der Waals surface area (Å²) in [6.45, 7) is 6.26. The summed E-state index contributed by atoms with van der Waals surface area (Å²) in [5.74, 6) is 1.43. The third-order valence-electron chi connectivity index (χ3n) is 7.16. The Hall–Kier alpha value is -3.61. The van der Waals surface area contributed by atoms with E-state index >= 15 is 0 Å². The highest BCUT2D eigenvalue weighted by molar-refractivity contribution is 6.05. The van der Waals surface area contributed by atoms with E-state index in [0.717, 1.165) is 44.3 Å². The molecule has 1 fully saturated rings. The minimum absolute atomic E-state index is 0.239. The van der Waals surface area contributed by atoms with E-state index in [2.05, 4.69) is 38.1 Å². The van der Waals surface area contributed by atoms with Crippen molar-refractivity contribution in [3.63, 3.8) is 0 Å². The topological polar surface area (TPSA) is 73.4 Å². The smallest absolute Gasteiger partial charge is 0.216 e. The second-order valence-corrected chi connectivity index (χ2v) is 10.6. The van der Waals surface area contributed by atoms with E-state index in [4.69, 9.17) is 23.6 Å². The van der Waals surface area contributed by atoms with E-state index < -0.39 is 5.60 Å². The number of benzene rings is 3. The SMILES string of the molecule is CC1(C)COC(c2cc(-c3ccoc3)c3ccc(OCc4cccc(C5(O)CCOCC5)c4)cc3c2)=N1. The molecule has 0 aliphatic carbocycles. The molecule has 0 radical (unpaired) electrons. The number of furan rings is 1. The molecule has 37 heavy (non-hydrogen) atoms. The molecule has 4 aromatic rings. The van der Waals surface area contributed by atoms with Crippen LogP contribution >= 0.6 is 0 Å². The van der Waals surface area contributed by atoms with Gasteiger partial charge in [-0.05, 0) is 77.7 Å². The Kier molecular flexibility index (Phi) is 6.01. The second-order valence-electron chi connectivity index (χ2n) is 10.6. The van der Waals surface area contributed by atoms with Crippen LogP contribution in [0.2, 0.25) is 0 Å². The van der Waals surface area contributed by atoms with Crippen molar-refractivity contribution in [2.45, 2.75) is 44.4 Å². The lowest BCUT2D eigenvalue weighted by molar-refractivity contribution is -0.0679. The summed E-state index contributed by atoms with van der Waals surface area (Å²) in [5.41, 5.74) is 3.85. The van der Waals surface area contributed by atoms with Crippen molar-refractivity contribution in [2.75, 3.05) is 19.8 Å². The number of aliphatic hydroxyl groups is 1. The molecule has 3 heterocycles. The largest absolute Gasteiger partial charge is 0.489 e. The Labute approximate surface area is 216 Å². The fraction of sp³-hybridized carbons (Fsp3) is 0.323. The van der Waals surface area contributed by atoms with Crippen LogP contribution in [0, 0.1) is 0 Å². The summed E-state index contributed by atoms with van der Waals surface area (Å²) in [7, 11) is 0. The van der Waals surface area contributed by atoms with Crippen molar-refractivity contribution in [3.8, 4) is 16.9 Å². The van der Waals surface area contributed by atoms with Crippen molar-refractivity contribution in [1.82, 2.24) is 0 Å². The molecular weight excluding hydrogens is 466 g/mol. The molecule has 6 nitrogen and oxygen atoms in total. The second kappa shape index (κ2) is 9.36. The summed E-state index contributed by atoms with van der Waals surface area (Å²) in [6, 6.07) is 20.3. The van der Waals surface area contributed by atoms with Crippen molar-refractivity contribution < 1.29 is 23.7 Å². The van der Waals surface area contributed by atoms with Crippen molar-refractivity contribution in [3.05, 3.63) is 89.9 Å². The monoisotopic (exact) mass is 497 g/mol. The highest BCUT2D eigenvalue weighted by Gasteiger charge is 2.32. The molecule has 0 saturated carbocycles. The van der Waals surface area contributed by atoms with Crippen LogP contribution in [0.1, 0.15) is 43.4 Å². The molecule has 0 unspecified atom stereocenters. The van der Waals surface area contributed by atoms with Crippen LogP contribution in [-0.4, -0.2) is 36.4 Å². The minimum Gasteiger partial charge on any atom is -0.489 e. The minimum atomic E-state index is -0.837. The molecule has 0 atom stereocenters. The molecule has 3 aromatic carbocycles. The molecular formula is C31H31NO5. The summed E-state index contributed by atoms with van der Waals surface area (Å²) >= 11 is 0. The van der Waals surface area contributed by atoms with Gasteiger partial charge in [0.2, 0.25) is 5.90 Å². The number of rotatable bonds is 6. The lowest BCUT2D eigenvalue weighted by Crippen LogP contribution is -2.33. The maximum atomic E-state index is 11.1. The van der Waals surface area contributed by atoms with Crippen molar-refractivity contribution in [2.24, 2.45) is 4.99 Å². The zero-order valence-corrected chi connectivity index (χ0v) is 21.2. The summed E-state index contributed by atoms with van der Waals surface area (Å²) in [5, 5.41) is 13.2. The molecule has 1 saturated heterocycles. The zero-order chi connectivity index (χ0) is 25.5. The van der Waals surface area contributed by atoms with Crippen LogP contribution in [0.3, 0.4) is 0 Å². The first-order valence-electron chi connectivity index (χ1n) is 12.7. The van der Waals surface area contributed by atoms with Gasteiger partial charge in [-0.15, -0.1) is 0 Å². The number of ether oxygens (including phenoxy) is 3. The van der Waals surface area contributed by atoms with Gasteiger partial charge in [-0.1, -0.05) is 24.3 Å². The summed E-state index contributed by atoms with van der Waals surface area (Å²) in [4.78, 5) is 4.78. The molecule has 2 aliphatic rings. The first kappa shape index (κ1) is 23.8. The number of hydrogen-bond acceptors (Lipinski definition) is 6. The normalized spacial score (nSPS) is 18.4. The molecule has 1 N–H and O–H groups in total. The van der Waals surface area contributed by atoms with Gasteiger partial charge < -0.3 is 23.7 Å². The van der Waals surface area contributed by atoms with Crippen LogP contribution in [0.5, 0.6) is 5.75 Å². The molecule has 190 valence electrons. The third kappa shape index (κ3) is 4.87. The van der Waals surface area contributed by atoms with E-state index in [1.54, 1.807) is 12.5 Å². The maximum absolute atomic E-state index is 11.1. The van der Waals surface area contributed by atoms with Crippen molar-refractivity contribution in [1.29, 1.82) is 0 Å². The van der Waals surface area contributed by atoms with Crippen LogP contribution in [0.25, 0.3) is 21.9 Å². The molecule has 0 spiro atoms. The van der Waals surface area contributed by atoms with Gasteiger partial charge in [0.15, 0.2) is 0 Å². The summed E-state index contributed by atoms with van der Waals surface area (Å²) in [6.07, 6.45) is 4.65. The van der Waals surface area contributed by atoms with Crippen LogP contribution in [0.4, 0.5) is 0 Å². The highest BCUT2D eigenvalue weighted by Crippen LogP contribution is 2.35. The molecule has 6 rings (SSSR count). The van der Waals surface area contributed by atoms with Crippen LogP contribution in [-0.2, 0) is 21.7 Å². The Morgan fingerprint density at radius 3 is 2.59 bits per heavy atom. The standard InChI is InChI=1S/C31H31NO5/c1-30(2)20-37-29(32-30)24-15-23-16-26(6-7-27(23)28(17-24)22-8-11-35-19-22)36-18-21-4-3-5-25(14-21)31(33)9-12-34-13-10-31/h3-8,11,14-17,19,33H,9-10,12-13,18,20H2,1-2H3. The third-order valence-corrected chi connectivity index (χ3v) is 7.16. The summed E-state index contributed by atoms with van der Waals surface area (Å²) < 4.78 is 23.0. The highest BCUT2D eigenvalue weighted by atomic mass is 16.5. The molecule has 0 amide bonds. The van der Waals surface area contributed by atoms with Crippen LogP contribution in [0.15, 0.2) is 82.6 Å². The molecule has 0 bridgehead atoms. The predicted molar refractivity (Wildman–Crippen MR) is 143 cm³/mol. The first-order chi connectivity index (χ1) is 17.9. The van der Waals surface area contributed by atoms with Crippen molar-refractivity contribution >= 4 is 16.7 Å². The van der Waals surface area contributed by atoms with Gasteiger partial charge in [-0.2, -0.15) is 0 Å². The number of aliphatic imine (C=N–C) groups is 1. The fourth-order valence-electron chi connectivity index (χ4n) is 5.07. The first-order valence-corrected chi connectivity index (χ1v) is 12.7. The Morgan fingerprint density at radius 2 is 1.84 bits per heavy atom. The Balaban J connectivity index is 1.30. The molecule has 2 aliphatic heterocycles. The van der Waals surface area contributed by atoms with Gasteiger partial charge in [0, 0.05) is 37.2 Å². The lowest BCUT2D eigenvalue weighted by Gasteiger charge is -2.32. The van der Waals surface area contributed by atoms with Gasteiger partial charge in [-0.3, -0.25) is 0 Å². The fourth-order valence-corrected chi connectivity index (χ4v) is 5.07. The zero-order valence-electron chi connectivity index (χ0n) is 21.2. The molecule has 1 aromatic heterocycles. The van der Waals surface area contributed by atoms with E-state index in [-0.39, 0.29) is 5.54 Å². The average molecular weight is 498 g/mol. The average Bonchev–Trinajstić information content (AvgIpc) is 3.57. The van der Waals surface area contributed by atoms with Crippen LogP contribution < -0.4 is 4.74 Å². The lowest BCUT2D eigenvalue weighted by atomic mass is 9.86. The Morgan fingerprint density at radius 1 is 0.973 bits per heavy atom.